The summed E-state index contributed by atoms with van der Waals surface area (Å²) in [6.45, 7) is 5.06. The Morgan fingerprint density at radius 2 is 2.31 bits per heavy atom. The SMILES string of the molecule is CCC1CN(C(=O)NC(=O)C(C)Cl)CCO1. The van der Waals surface area contributed by atoms with Crippen LogP contribution < -0.4 is 5.32 Å². The van der Waals surface area contributed by atoms with Gasteiger partial charge in [-0.1, -0.05) is 6.92 Å². The van der Waals surface area contributed by atoms with Crippen molar-refractivity contribution in [1.82, 2.24) is 10.2 Å². The molecule has 92 valence electrons. The Morgan fingerprint density at radius 3 is 2.88 bits per heavy atom. The quantitative estimate of drug-likeness (QED) is 0.741. The van der Waals surface area contributed by atoms with Crippen molar-refractivity contribution in [3.8, 4) is 0 Å². The highest BCUT2D eigenvalue weighted by molar-refractivity contribution is 6.31. The zero-order valence-electron chi connectivity index (χ0n) is 9.53. The standard InChI is InChI=1S/C10H17ClN2O3/c1-3-8-6-13(4-5-16-8)10(15)12-9(14)7(2)11/h7-8H,3-6H2,1-2H3,(H,12,14,15). The molecule has 0 radical (unpaired) electrons. The predicted molar refractivity (Wildman–Crippen MR) is 60.5 cm³/mol. The third-order valence-electron chi connectivity index (χ3n) is 2.47. The maximum atomic E-state index is 11.7. The van der Waals surface area contributed by atoms with Crippen LogP contribution in [0.4, 0.5) is 4.79 Å². The first-order valence-electron chi connectivity index (χ1n) is 5.40. The number of hydrogen-bond donors (Lipinski definition) is 1. The normalized spacial score (nSPS) is 22.7. The minimum Gasteiger partial charge on any atom is -0.375 e. The van der Waals surface area contributed by atoms with Gasteiger partial charge in [0.05, 0.1) is 12.7 Å². The molecule has 2 unspecified atom stereocenters. The minimum atomic E-state index is -0.702. The number of nitrogens with one attached hydrogen (secondary N) is 1. The molecule has 1 N–H and O–H groups in total. The van der Waals surface area contributed by atoms with Crippen molar-refractivity contribution in [2.45, 2.75) is 31.7 Å². The number of imide groups is 1. The molecule has 0 bridgehead atoms. The number of ether oxygens (including phenoxy) is 1. The fourth-order valence-electron chi connectivity index (χ4n) is 1.43. The number of nitrogens with zero attached hydrogens (tertiary/aromatic N) is 1. The van der Waals surface area contributed by atoms with Gasteiger partial charge in [-0.15, -0.1) is 11.6 Å². The molecule has 1 aliphatic rings. The molecule has 1 heterocycles. The van der Waals surface area contributed by atoms with Gasteiger partial charge in [0.1, 0.15) is 5.38 Å². The number of hydrogen-bond acceptors (Lipinski definition) is 3. The van der Waals surface area contributed by atoms with Crippen LogP contribution in [-0.4, -0.2) is 48.0 Å². The van der Waals surface area contributed by atoms with Gasteiger partial charge in [-0.25, -0.2) is 4.79 Å². The Kier molecular flexibility index (Phi) is 5.02. The average Bonchev–Trinajstić information content (AvgIpc) is 2.28. The van der Waals surface area contributed by atoms with E-state index in [4.69, 9.17) is 16.3 Å². The number of halogens is 1. The van der Waals surface area contributed by atoms with Crippen LogP contribution in [-0.2, 0) is 9.53 Å². The van der Waals surface area contributed by atoms with Crippen LogP contribution in [0.2, 0.25) is 0 Å². The van der Waals surface area contributed by atoms with E-state index in [1.165, 1.54) is 6.92 Å². The number of carbonyl (C=O) groups excluding carboxylic acids is 2. The van der Waals surface area contributed by atoms with Gasteiger partial charge in [-0.3, -0.25) is 10.1 Å². The van der Waals surface area contributed by atoms with Gasteiger partial charge in [0.2, 0.25) is 5.91 Å². The summed E-state index contributed by atoms with van der Waals surface area (Å²) in [6, 6.07) is -0.390. The Balaban J connectivity index is 2.44. The van der Waals surface area contributed by atoms with Crippen molar-refractivity contribution in [1.29, 1.82) is 0 Å². The van der Waals surface area contributed by atoms with Crippen LogP contribution >= 0.6 is 11.6 Å². The summed E-state index contributed by atoms with van der Waals surface area (Å²) < 4.78 is 5.43. The molecule has 0 aromatic carbocycles. The van der Waals surface area contributed by atoms with E-state index in [2.05, 4.69) is 5.32 Å². The van der Waals surface area contributed by atoms with E-state index in [-0.39, 0.29) is 12.1 Å². The van der Waals surface area contributed by atoms with Crippen molar-refractivity contribution in [2.24, 2.45) is 0 Å². The topological polar surface area (TPSA) is 58.6 Å². The fourth-order valence-corrected chi connectivity index (χ4v) is 1.49. The lowest BCUT2D eigenvalue weighted by molar-refractivity contribution is -0.119. The van der Waals surface area contributed by atoms with Gasteiger partial charge < -0.3 is 9.64 Å². The number of rotatable bonds is 2. The Bertz CT molecular complexity index is 271. The Hall–Kier alpha value is -0.810. The van der Waals surface area contributed by atoms with Gasteiger partial charge in [-0.2, -0.15) is 0 Å². The smallest absolute Gasteiger partial charge is 0.324 e. The zero-order valence-corrected chi connectivity index (χ0v) is 10.3. The molecule has 3 amide bonds. The molecule has 1 saturated heterocycles. The lowest BCUT2D eigenvalue weighted by atomic mass is 10.2. The minimum absolute atomic E-state index is 0.0584. The molecule has 6 heteroatoms. The van der Waals surface area contributed by atoms with E-state index in [0.29, 0.717) is 19.7 Å². The van der Waals surface area contributed by atoms with Crippen LogP contribution in [0.3, 0.4) is 0 Å². The van der Waals surface area contributed by atoms with E-state index in [1.807, 2.05) is 6.92 Å². The van der Waals surface area contributed by atoms with Crippen LogP contribution in [0.5, 0.6) is 0 Å². The molecule has 0 aromatic heterocycles. The zero-order chi connectivity index (χ0) is 12.1. The summed E-state index contributed by atoms with van der Waals surface area (Å²) in [5.41, 5.74) is 0. The first-order valence-corrected chi connectivity index (χ1v) is 5.83. The average molecular weight is 249 g/mol. The molecular weight excluding hydrogens is 232 g/mol. The second-order valence-corrected chi connectivity index (χ2v) is 4.41. The number of urea groups is 1. The van der Waals surface area contributed by atoms with Crippen molar-refractivity contribution >= 4 is 23.5 Å². The highest BCUT2D eigenvalue weighted by Gasteiger charge is 2.24. The highest BCUT2D eigenvalue weighted by Crippen LogP contribution is 2.08. The second-order valence-electron chi connectivity index (χ2n) is 3.76. The van der Waals surface area contributed by atoms with Crippen molar-refractivity contribution < 1.29 is 14.3 Å². The summed E-state index contributed by atoms with van der Waals surface area (Å²) in [6.07, 6.45) is 0.909. The Labute approximate surface area is 100 Å². The molecular formula is C10H17ClN2O3. The van der Waals surface area contributed by atoms with E-state index in [0.717, 1.165) is 6.42 Å². The van der Waals surface area contributed by atoms with E-state index in [1.54, 1.807) is 4.90 Å². The van der Waals surface area contributed by atoms with E-state index < -0.39 is 11.3 Å². The molecule has 1 rings (SSSR count). The number of amides is 3. The summed E-state index contributed by atoms with van der Waals surface area (Å²) in [7, 11) is 0. The first kappa shape index (κ1) is 13.3. The van der Waals surface area contributed by atoms with Crippen LogP contribution in [0.25, 0.3) is 0 Å². The molecule has 0 spiro atoms. The van der Waals surface area contributed by atoms with Gasteiger partial charge in [-0.05, 0) is 13.3 Å². The Morgan fingerprint density at radius 1 is 1.62 bits per heavy atom. The van der Waals surface area contributed by atoms with Crippen LogP contribution in [0, 0.1) is 0 Å². The molecule has 5 nitrogen and oxygen atoms in total. The van der Waals surface area contributed by atoms with Gasteiger partial charge >= 0.3 is 6.03 Å². The monoisotopic (exact) mass is 248 g/mol. The van der Waals surface area contributed by atoms with Crippen LogP contribution in [0.15, 0.2) is 0 Å². The summed E-state index contributed by atoms with van der Waals surface area (Å²) in [4.78, 5) is 24.5. The molecule has 16 heavy (non-hydrogen) atoms. The van der Waals surface area contributed by atoms with Gasteiger partial charge in [0, 0.05) is 13.1 Å². The van der Waals surface area contributed by atoms with Crippen molar-refractivity contribution in [3.05, 3.63) is 0 Å². The lowest BCUT2D eigenvalue weighted by Crippen LogP contribution is -2.51. The second kappa shape index (κ2) is 6.06. The fraction of sp³-hybridized carbons (Fsp3) is 0.800. The van der Waals surface area contributed by atoms with Gasteiger partial charge in [0.25, 0.3) is 0 Å². The molecule has 1 aliphatic heterocycles. The summed E-state index contributed by atoms with van der Waals surface area (Å²) >= 11 is 5.56. The van der Waals surface area contributed by atoms with Crippen LogP contribution in [0.1, 0.15) is 20.3 Å². The predicted octanol–water partition coefficient (Wildman–Crippen LogP) is 0.961. The summed E-state index contributed by atoms with van der Waals surface area (Å²) in [5.74, 6) is -0.466. The lowest BCUT2D eigenvalue weighted by Gasteiger charge is -2.32. The third kappa shape index (κ3) is 3.64. The van der Waals surface area contributed by atoms with Gasteiger partial charge in [0.15, 0.2) is 0 Å². The van der Waals surface area contributed by atoms with Crippen molar-refractivity contribution in [3.63, 3.8) is 0 Å². The first-order chi connectivity index (χ1) is 7.54. The highest BCUT2D eigenvalue weighted by atomic mass is 35.5. The molecule has 2 atom stereocenters. The number of morpholine rings is 1. The molecule has 0 saturated carbocycles. The third-order valence-corrected chi connectivity index (χ3v) is 2.67. The number of alkyl halides is 1. The summed E-state index contributed by atoms with van der Waals surface area (Å²) in [5, 5.41) is 1.55. The van der Waals surface area contributed by atoms with E-state index in [9.17, 15) is 9.59 Å². The number of carbonyl (C=O) groups is 2. The maximum absolute atomic E-state index is 11.7. The maximum Gasteiger partial charge on any atom is 0.324 e. The van der Waals surface area contributed by atoms with Crippen molar-refractivity contribution in [2.75, 3.05) is 19.7 Å². The molecule has 1 fully saturated rings. The molecule has 0 aromatic rings. The molecule has 0 aliphatic carbocycles. The largest absolute Gasteiger partial charge is 0.375 e. The van der Waals surface area contributed by atoms with E-state index >= 15 is 0 Å².